The Labute approximate surface area is 87.4 Å². The highest BCUT2D eigenvalue weighted by Crippen LogP contribution is 2.23. The van der Waals surface area contributed by atoms with E-state index >= 15 is 0 Å². The molecule has 0 N–H and O–H groups in total. The molecule has 14 heavy (non-hydrogen) atoms. The van der Waals surface area contributed by atoms with Crippen molar-refractivity contribution < 1.29 is 0 Å². The first-order chi connectivity index (χ1) is 6.49. The number of nitrogens with zero attached hydrogens (tertiary/aromatic N) is 2. The Morgan fingerprint density at radius 3 is 2.21 bits per heavy atom. The van der Waals surface area contributed by atoms with Crippen LogP contribution in [0.4, 0.5) is 0 Å². The van der Waals surface area contributed by atoms with Crippen molar-refractivity contribution in [1.29, 1.82) is 0 Å². The van der Waals surface area contributed by atoms with E-state index < -0.39 is 0 Å². The topological polar surface area (TPSA) is 17.8 Å². The third-order valence-corrected chi connectivity index (χ3v) is 2.73. The zero-order valence-electron chi connectivity index (χ0n) is 10.0. The van der Waals surface area contributed by atoms with Crippen LogP contribution in [0.5, 0.6) is 0 Å². The lowest BCUT2D eigenvalue weighted by atomic mass is 9.93. The molecule has 1 heterocycles. The van der Waals surface area contributed by atoms with Gasteiger partial charge in [-0.25, -0.2) is 4.98 Å². The van der Waals surface area contributed by atoms with Crippen LogP contribution in [0.3, 0.4) is 0 Å². The lowest BCUT2D eigenvalue weighted by Crippen LogP contribution is -2.11. The number of hydrogen-bond donors (Lipinski definition) is 0. The average molecular weight is 194 g/mol. The van der Waals surface area contributed by atoms with Crippen molar-refractivity contribution in [3.8, 4) is 0 Å². The molecular formula is C12H22N2. The lowest BCUT2D eigenvalue weighted by Gasteiger charge is -2.16. The van der Waals surface area contributed by atoms with Crippen molar-refractivity contribution in [2.45, 2.75) is 58.9 Å². The van der Waals surface area contributed by atoms with Crippen LogP contribution in [0.2, 0.25) is 0 Å². The average Bonchev–Trinajstić information content (AvgIpc) is 2.54. The van der Waals surface area contributed by atoms with Gasteiger partial charge in [-0.05, 0) is 12.8 Å². The summed E-state index contributed by atoms with van der Waals surface area (Å²) in [5.74, 6) is 0. The van der Waals surface area contributed by atoms with Gasteiger partial charge in [-0.1, -0.05) is 34.6 Å². The second kappa shape index (κ2) is 4.16. The minimum atomic E-state index is 0.164. The normalized spacial score (nSPS) is 12.4. The summed E-state index contributed by atoms with van der Waals surface area (Å²) in [7, 11) is 0. The molecule has 0 aliphatic carbocycles. The van der Waals surface area contributed by atoms with Gasteiger partial charge in [-0.3, -0.25) is 0 Å². The largest absolute Gasteiger partial charge is 0.334 e. The Bertz CT molecular complexity index is 277. The molecule has 0 amide bonds. The monoisotopic (exact) mass is 194 g/mol. The second-order valence-corrected chi connectivity index (χ2v) is 4.93. The first-order valence-corrected chi connectivity index (χ1v) is 5.53. The molecule has 2 heteroatoms. The van der Waals surface area contributed by atoms with Gasteiger partial charge in [0.25, 0.3) is 0 Å². The smallest absolute Gasteiger partial charge is 0.0952 e. The van der Waals surface area contributed by atoms with Gasteiger partial charge in [-0.2, -0.15) is 0 Å². The standard InChI is InChI=1S/C12H22N2/c1-6-10(7-2)14-8-11(13-9-14)12(3,4)5/h8-10H,6-7H2,1-5H3. The van der Waals surface area contributed by atoms with Gasteiger partial charge in [0.1, 0.15) is 0 Å². The van der Waals surface area contributed by atoms with Crippen molar-refractivity contribution >= 4 is 0 Å². The molecule has 0 spiro atoms. The minimum Gasteiger partial charge on any atom is -0.334 e. The summed E-state index contributed by atoms with van der Waals surface area (Å²) in [5.41, 5.74) is 1.35. The van der Waals surface area contributed by atoms with E-state index in [2.05, 4.69) is 50.4 Å². The first-order valence-electron chi connectivity index (χ1n) is 5.53. The highest BCUT2D eigenvalue weighted by atomic mass is 15.1. The fourth-order valence-corrected chi connectivity index (χ4v) is 1.63. The molecular weight excluding hydrogens is 172 g/mol. The van der Waals surface area contributed by atoms with Crippen molar-refractivity contribution in [2.24, 2.45) is 0 Å². The van der Waals surface area contributed by atoms with Gasteiger partial charge < -0.3 is 4.57 Å². The molecule has 1 rings (SSSR count). The summed E-state index contributed by atoms with van der Waals surface area (Å²) < 4.78 is 2.25. The molecule has 0 saturated heterocycles. The fraction of sp³-hybridized carbons (Fsp3) is 0.750. The molecule has 0 saturated carbocycles. The Balaban J connectivity index is 2.87. The van der Waals surface area contributed by atoms with E-state index in [1.54, 1.807) is 0 Å². The SMILES string of the molecule is CCC(CC)n1cnc(C(C)(C)C)c1. The van der Waals surface area contributed by atoms with Crippen LogP contribution in [0.15, 0.2) is 12.5 Å². The predicted molar refractivity (Wildman–Crippen MR) is 60.5 cm³/mol. The van der Waals surface area contributed by atoms with E-state index in [4.69, 9.17) is 0 Å². The highest BCUT2D eigenvalue weighted by Gasteiger charge is 2.17. The van der Waals surface area contributed by atoms with Gasteiger partial charge in [0.15, 0.2) is 0 Å². The molecule has 0 atom stereocenters. The van der Waals surface area contributed by atoms with E-state index in [-0.39, 0.29) is 5.41 Å². The van der Waals surface area contributed by atoms with E-state index in [1.165, 1.54) is 18.5 Å². The van der Waals surface area contributed by atoms with E-state index in [1.807, 2.05) is 6.33 Å². The third kappa shape index (κ3) is 2.37. The molecule has 0 aliphatic heterocycles. The van der Waals surface area contributed by atoms with Gasteiger partial charge in [-0.15, -0.1) is 0 Å². The number of aromatic nitrogens is 2. The van der Waals surface area contributed by atoms with Crippen LogP contribution in [0, 0.1) is 0 Å². The van der Waals surface area contributed by atoms with Crippen molar-refractivity contribution in [3.63, 3.8) is 0 Å². The van der Waals surface area contributed by atoms with Crippen LogP contribution in [0.25, 0.3) is 0 Å². The third-order valence-electron chi connectivity index (χ3n) is 2.73. The van der Waals surface area contributed by atoms with Gasteiger partial charge in [0.2, 0.25) is 0 Å². The Kier molecular flexibility index (Phi) is 3.35. The van der Waals surface area contributed by atoms with E-state index in [0.29, 0.717) is 6.04 Å². The molecule has 80 valence electrons. The summed E-state index contributed by atoms with van der Waals surface area (Å²) in [6, 6.07) is 0.610. The summed E-state index contributed by atoms with van der Waals surface area (Å²) in [6.45, 7) is 11.1. The molecule has 1 aromatic heterocycles. The van der Waals surface area contributed by atoms with Crippen LogP contribution in [-0.2, 0) is 5.41 Å². The van der Waals surface area contributed by atoms with Crippen LogP contribution < -0.4 is 0 Å². The molecule has 0 unspecified atom stereocenters. The highest BCUT2D eigenvalue weighted by molar-refractivity contribution is 5.09. The van der Waals surface area contributed by atoms with E-state index in [9.17, 15) is 0 Å². The zero-order chi connectivity index (χ0) is 10.8. The van der Waals surface area contributed by atoms with Crippen molar-refractivity contribution in [3.05, 3.63) is 18.2 Å². The summed E-state index contributed by atoms with van der Waals surface area (Å²) in [4.78, 5) is 4.47. The molecule has 0 radical (unpaired) electrons. The molecule has 0 aromatic carbocycles. The van der Waals surface area contributed by atoms with Gasteiger partial charge in [0, 0.05) is 17.7 Å². The first kappa shape index (κ1) is 11.3. The number of hydrogen-bond acceptors (Lipinski definition) is 1. The van der Waals surface area contributed by atoms with E-state index in [0.717, 1.165) is 0 Å². The fourth-order valence-electron chi connectivity index (χ4n) is 1.63. The predicted octanol–water partition coefficient (Wildman–Crippen LogP) is 3.54. The molecule has 1 aromatic rings. The molecule has 0 bridgehead atoms. The van der Waals surface area contributed by atoms with Crippen LogP contribution in [-0.4, -0.2) is 9.55 Å². The molecule has 0 fully saturated rings. The van der Waals surface area contributed by atoms with Crippen molar-refractivity contribution in [1.82, 2.24) is 9.55 Å². The zero-order valence-corrected chi connectivity index (χ0v) is 10.0. The Hall–Kier alpha value is -0.790. The van der Waals surface area contributed by atoms with Crippen LogP contribution in [0.1, 0.15) is 59.2 Å². The quantitative estimate of drug-likeness (QED) is 0.719. The summed E-state index contributed by atoms with van der Waals surface area (Å²) in [5, 5.41) is 0. The van der Waals surface area contributed by atoms with Crippen molar-refractivity contribution in [2.75, 3.05) is 0 Å². The Morgan fingerprint density at radius 1 is 1.29 bits per heavy atom. The van der Waals surface area contributed by atoms with Crippen LogP contribution >= 0.6 is 0 Å². The maximum atomic E-state index is 4.47. The minimum absolute atomic E-state index is 0.164. The molecule has 0 aliphatic rings. The number of rotatable bonds is 3. The Morgan fingerprint density at radius 2 is 1.86 bits per heavy atom. The van der Waals surface area contributed by atoms with Gasteiger partial charge in [0.05, 0.1) is 12.0 Å². The maximum Gasteiger partial charge on any atom is 0.0952 e. The molecule has 2 nitrogen and oxygen atoms in total. The second-order valence-electron chi connectivity index (χ2n) is 4.93. The maximum absolute atomic E-state index is 4.47. The summed E-state index contributed by atoms with van der Waals surface area (Å²) in [6.07, 6.45) is 6.52. The lowest BCUT2D eigenvalue weighted by molar-refractivity contribution is 0.469. The number of imidazole rings is 1. The van der Waals surface area contributed by atoms with Gasteiger partial charge >= 0.3 is 0 Å². The summed E-state index contributed by atoms with van der Waals surface area (Å²) >= 11 is 0.